The van der Waals surface area contributed by atoms with Crippen molar-refractivity contribution in [1.29, 1.82) is 0 Å². The number of benzene rings is 3. The number of anilines is 2. The first-order chi connectivity index (χ1) is 15.7. The van der Waals surface area contributed by atoms with Crippen LogP contribution in [0.5, 0.6) is 0 Å². The van der Waals surface area contributed by atoms with Gasteiger partial charge >= 0.3 is 0 Å². The van der Waals surface area contributed by atoms with E-state index in [1.807, 2.05) is 60.7 Å². The van der Waals surface area contributed by atoms with Crippen molar-refractivity contribution in [2.45, 2.75) is 13.1 Å². The van der Waals surface area contributed by atoms with Crippen LogP contribution in [0.2, 0.25) is 0 Å². The zero-order valence-corrected chi connectivity index (χ0v) is 17.2. The highest BCUT2D eigenvalue weighted by Gasteiger charge is 2.35. The van der Waals surface area contributed by atoms with E-state index in [0.717, 1.165) is 11.1 Å². The first-order valence-corrected chi connectivity index (χ1v) is 10.4. The maximum atomic E-state index is 13.4. The Morgan fingerprint density at radius 2 is 0.906 bits per heavy atom. The Morgan fingerprint density at radius 3 is 1.31 bits per heavy atom. The number of rotatable bonds is 6. The maximum Gasteiger partial charge on any atom is 0.198 e. The van der Waals surface area contributed by atoms with E-state index in [4.69, 9.17) is 0 Å². The molecule has 0 bridgehead atoms. The molecule has 6 nitrogen and oxygen atoms in total. The Kier molecular flexibility index (Phi) is 5.17. The fraction of sp³-hybridized carbons (Fsp3) is 0.0769. The Bertz CT molecular complexity index is 1200. The van der Waals surface area contributed by atoms with Crippen LogP contribution in [0.3, 0.4) is 0 Å². The quantitative estimate of drug-likeness (QED) is 0.422. The molecule has 5 rings (SSSR count). The minimum atomic E-state index is -0.233. The lowest BCUT2D eigenvalue weighted by atomic mass is 9.84. The predicted octanol–water partition coefficient (Wildman–Crippen LogP) is 4.48. The topological polar surface area (TPSA) is 84.0 Å². The smallest absolute Gasteiger partial charge is 0.198 e. The number of aromatic nitrogens is 2. The fourth-order valence-corrected chi connectivity index (χ4v) is 3.84. The molecule has 0 atom stereocenters. The number of hydrogen-bond acceptors (Lipinski definition) is 6. The highest BCUT2D eigenvalue weighted by molar-refractivity contribution is 6.31. The third-order valence-corrected chi connectivity index (χ3v) is 5.45. The zero-order chi connectivity index (χ0) is 21.9. The standard InChI is InChI=1S/C26H20N4O2/c31-23-19-13-7-8-14-20(19)24(32)22-21(23)25(27-15-17-9-3-1-4-10-17)29-30-26(22)28-16-18-11-5-2-6-12-18/h1-14H,15-16H2,(H,27,29)(H,28,30). The van der Waals surface area contributed by atoms with Gasteiger partial charge in [0, 0.05) is 24.2 Å². The van der Waals surface area contributed by atoms with Crippen LogP contribution in [-0.4, -0.2) is 21.8 Å². The first kappa shape index (κ1) is 19.6. The maximum absolute atomic E-state index is 13.4. The van der Waals surface area contributed by atoms with Crippen molar-refractivity contribution in [3.63, 3.8) is 0 Å². The van der Waals surface area contributed by atoms with Gasteiger partial charge < -0.3 is 10.6 Å². The summed E-state index contributed by atoms with van der Waals surface area (Å²) in [5.41, 5.74) is 3.35. The molecule has 4 aromatic rings. The van der Waals surface area contributed by atoms with Crippen molar-refractivity contribution in [1.82, 2.24) is 10.2 Å². The molecule has 2 N–H and O–H groups in total. The minimum Gasteiger partial charge on any atom is -0.364 e. The summed E-state index contributed by atoms with van der Waals surface area (Å²) in [5, 5.41) is 15.0. The van der Waals surface area contributed by atoms with E-state index in [-0.39, 0.29) is 22.7 Å². The second-order valence-electron chi connectivity index (χ2n) is 7.53. The summed E-state index contributed by atoms with van der Waals surface area (Å²) in [6.45, 7) is 0.920. The zero-order valence-electron chi connectivity index (χ0n) is 17.2. The van der Waals surface area contributed by atoms with Gasteiger partial charge in [0.2, 0.25) is 0 Å². The lowest BCUT2D eigenvalue weighted by molar-refractivity contribution is 0.0979. The second kappa shape index (κ2) is 8.43. The van der Waals surface area contributed by atoms with E-state index in [9.17, 15) is 9.59 Å². The normalized spacial score (nSPS) is 12.1. The van der Waals surface area contributed by atoms with Gasteiger partial charge in [-0.1, -0.05) is 84.9 Å². The molecular formula is C26H20N4O2. The van der Waals surface area contributed by atoms with Gasteiger partial charge in [0.25, 0.3) is 0 Å². The van der Waals surface area contributed by atoms with Crippen LogP contribution in [0.4, 0.5) is 11.6 Å². The summed E-state index contributed by atoms with van der Waals surface area (Å²) in [6.07, 6.45) is 0. The van der Waals surface area contributed by atoms with Crippen molar-refractivity contribution in [2.24, 2.45) is 0 Å². The van der Waals surface area contributed by atoms with Gasteiger partial charge in [0.15, 0.2) is 23.2 Å². The van der Waals surface area contributed by atoms with E-state index in [2.05, 4.69) is 20.8 Å². The van der Waals surface area contributed by atoms with Gasteiger partial charge in [-0.15, -0.1) is 10.2 Å². The second-order valence-corrected chi connectivity index (χ2v) is 7.53. The van der Waals surface area contributed by atoms with Gasteiger partial charge in [-0.2, -0.15) is 0 Å². The third-order valence-electron chi connectivity index (χ3n) is 5.45. The monoisotopic (exact) mass is 420 g/mol. The highest BCUT2D eigenvalue weighted by atomic mass is 16.1. The van der Waals surface area contributed by atoms with Crippen molar-refractivity contribution in [2.75, 3.05) is 10.6 Å². The van der Waals surface area contributed by atoms with Crippen molar-refractivity contribution < 1.29 is 9.59 Å². The molecule has 0 radical (unpaired) electrons. The number of nitrogens with one attached hydrogen (secondary N) is 2. The summed E-state index contributed by atoms with van der Waals surface area (Å²) in [4.78, 5) is 26.8. The van der Waals surface area contributed by atoms with Crippen molar-refractivity contribution in [3.05, 3.63) is 118 Å². The predicted molar refractivity (Wildman–Crippen MR) is 123 cm³/mol. The number of hydrogen-bond donors (Lipinski definition) is 2. The Labute approximate surface area is 185 Å². The molecule has 3 aromatic carbocycles. The van der Waals surface area contributed by atoms with Crippen LogP contribution >= 0.6 is 0 Å². The summed E-state index contributed by atoms with van der Waals surface area (Å²) in [7, 11) is 0. The molecule has 0 fully saturated rings. The molecular weight excluding hydrogens is 400 g/mol. The van der Waals surface area contributed by atoms with Gasteiger partial charge in [-0.3, -0.25) is 9.59 Å². The van der Waals surface area contributed by atoms with Gasteiger partial charge in [-0.05, 0) is 11.1 Å². The molecule has 156 valence electrons. The Hall–Kier alpha value is -4.32. The summed E-state index contributed by atoms with van der Waals surface area (Å²) >= 11 is 0. The lowest BCUT2D eigenvalue weighted by Gasteiger charge is -2.22. The number of fused-ring (bicyclic) bond motifs is 2. The average molecular weight is 420 g/mol. The van der Waals surface area contributed by atoms with E-state index in [1.165, 1.54) is 0 Å². The van der Waals surface area contributed by atoms with Gasteiger partial charge in [0.05, 0.1) is 11.1 Å². The Morgan fingerprint density at radius 1 is 0.531 bits per heavy atom. The average Bonchev–Trinajstić information content (AvgIpc) is 2.86. The SMILES string of the molecule is O=C1c2ccccc2C(=O)c2c(NCc3ccccc3)nnc(NCc3ccccc3)c21. The first-order valence-electron chi connectivity index (χ1n) is 10.4. The number of carbonyl (C=O) groups excluding carboxylic acids is 2. The molecule has 0 saturated carbocycles. The van der Waals surface area contributed by atoms with E-state index in [0.29, 0.717) is 35.9 Å². The van der Waals surface area contributed by atoms with Crippen LogP contribution in [0.25, 0.3) is 0 Å². The summed E-state index contributed by atoms with van der Waals surface area (Å²) in [6, 6.07) is 26.4. The van der Waals surface area contributed by atoms with Gasteiger partial charge in [-0.25, -0.2) is 0 Å². The van der Waals surface area contributed by atoms with Crippen molar-refractivity contribution in [3.8, 4) is 0 Å². The summed E-state index contributed by atoms with van der Waals surface area (Å²) < 4.78 is 0. The molecule has 0 saturated heterocycles. The van der Waals surface area contributed by atoms with Crippen LogP contribution in [-0.2, 0) is 13.1 Å². The van der Waals surface area contributed by atoms with E-state index < -0.39 is 0 Å². The molecule has 0 aliphatic heterocycles. The molecule has 0 spiro atoms. The number of carbonyl (C=O) groups is 2. The molecule has 1 aromatic heterocycles. The van der Waals surface area contributed by atoms with Crippen molar-refractivity contribution >= 4 is 23.2 Å². The van der Waals surface area contributed by atoms with Crippen LogP contribution in [0.15, 0.2) is 84.9 Å². The van der Waals surface area contributed by atoms with Crippen LogP contribution < -0.4 is 10.6 Å². The number of ketones is 2. The Balaban J connectivity index is 1.55. The van der Waals surface area contributed by atoms with Crippen LogP contribution in [0, 0.1) is 0 Å². The largest absolute Gasteiger partial charge is 0.364 e. The minimum absolute atomic E-state index is 0.233. The molecule has 0 amide bonds. The van der Waals surface area contributed by atoms with E-state index >= 15 is 0 Å². The molecule has 0 unspecified atom stereocenters. The molecule has 6 heteroatoms. The lowest BCUT2D eigenvalue weighted by Crippen LogP contribution is -2.26. The third kappa shape index (κ3) is 3.63. The van der Waals surface area contributed by atoms with E-state index in [1.54, 1.807) is 24.3 Å². The molecule has 1 heterocycles. The fourth-order valence-electron chi connectivity index (χ4n) is 3.84. The van der Waals surface area contributed by atoms with Crippen LogP contribution in [0.1, 0.15) is 43.0 Å². The highest BCUT2D eigenvalue weighted by Crippen LogP contribution is 2.34. The molecule has 1 aliphatic rings. The summed E-state index contributed by atoms with van der Waals surface area (Å²) in [5.74, 6) is 0.149. The molecule has 32 heavy (non-hydrogen) atoms. The van der Waals surface area contributed by atoms with Gasteiger partial charge in [0.1, 0.15) is 0 Å². The number of nitrogens with zero attached hydrogens (tertiary/aromatic N) is 2. The molecule has 1 aliphatic carbocycles.